The first-order valence-corrected chi connectivity index (χ1v) is 4.64. The Hall–Kier alpha value is -0.760. The summed E-state index contributed by atoms with van der Waals surface area (Å²) in [6, 6.07) is 2.51. The second kappa shape index (κ2) is 3.31. The van der Waals surface area contributed by atoms with Gasteiger partial charge < -0.3 is 10.2 Å². The lowest BCUT2D eigenvalue weighted by Gasteiger charge is -2.24. The third kappa shape index (κ3) is 1.53. The topological polar surface area (TPSA) is 39.2 Å². The summed E-state index contributed by atoms with van der Waals surface area (Å²) in [4.78, 5) is 0. The van der Waals surface area contributed by atoms with Crippen LogP contribution in [0.25, 0.3) is 0 Å². The summed E-state index contributed by atoms with van der Waals surface area (Å²) in [5.74, 6) is 0.698. The van der Waals surface area contributed by atoms with E-state index in [1.54, 1.807) is 6.26 Å². The Bertz CT molecular complexity index is 222. The van der Waals surface area contributed by atoms with Gasteiger partial charge in [0.25, 0.3) is 0 Å². The minimum absolute atomic E-state index is 0.438. The first-order chi connectivity index (χ1) is 5.86. The summed E-state index contributed by atoms with van der Waals surface area (Å²) >= 11 is 0. The fourth-order valence-corrected chi connectivity index (χ4v) is 1.96. The molecule has 2 rings (SSSR count). The van der Waals surface area contributed by atoms with E-state index < -0.39 is 0 Å². The molecule has 0 aliphatic heterocycles. The molecule has 1 aliphatic rings. The predicted octanol–water partition coefficient (Wildman–Crippen LogP) is 2.26. The van der Waals surface area contributed by atoms with E-state index in [9.17, 15) is 0 Å². The second-order valence-electron chi connectivity index (χ2n) is 3.67. The lowest BCUT2D eigenvalue weighted by Crippen LogP contribution is -2.25. The van der Waals surface area contributed by atoms with Crippen molar-refractivity contribution in [1.29, 1.82) is 0 Å². The van der Waals surface area contributed by atoms with Crippen molar-refractivity contribution in [2.75, 3.05) is 0 Å². The van der Waals surface area contributed by atoms with Gasteiger partial charge in [0.2, 0.25) is 0 Å². The van der Waals surface area contributed by atoms with Crippen molar-refractivity contribution in [2.45, 2.75) is 37.6 Å². The van der Waals surface area contributed by atoms with E-state index in [-0.39, 0.29) is 0 Å². The van der Waals surface area contributed by atoms with Crippen LogP contribution >= 0.6 is 0 Å². The highest BCUT2D eigenvalue weighted by atomic mass is 16.3. The monoisotopic (exact) mass is 165 g/mol. The number of nitrogens with two attached hydrogens (primary N) is 1. The molecule has 2 heteroatoms. The zero-order chi connectivity index (χ0) is 8.39. The highest BCUT2D eigenvalue weighted by Gasteiger charge is 2.20. The average Bonchev–Trinajstić information content (AvgIpc) is 2.58. The molecule has 12 heavy (non-hydrogen) atoms. The lowest BCUT2D eigenvalue weighted by molar-refractivity contribution is 0.393. The molecule has 0 amide bonds. The maximum Gasteiger partial charge on any atom is 0.0937 e. The Morgan fingerprint density at radius 2 is 2.00 bits per heavy atom. The minimum Gasteiger partial charge on any atom is -0.472 e. The molecule has 0 spiro atoms. The number of hydrogen-bond donors (Lipinski definition) is 1. The highest BCUT2D eigenvalue weighted by molar-refractivity contribution is 5.13. The SMILES string of the molecule is NC1CCC(c2ccoc2)CC1. The first-order valence-electron chi connectivity index (χ1n) is 4.64. The van der Waals surface area contributed by atoms with E-state index in [0.717, 1.165) is 12.8 Å². The Balaban J connectivity index is 1.99. The van der Waals surface area contributed by atoms with E-state index >= 15 is 0 Å². The standard InChI is InChI=1S/C10H15NO/c11-10-3-1-8(2-4-10)9-5-6-12-7-9/h5-8,10H,1-4,11H2. The maximum absolute atomic E-state index is 5.83. The lowest BCUT2D eigenvalue weighted by atomic mass is 9.83. The summed E-state index contributed by atoms with van der Waals surface area (Å²) < 4.78 is 5.06. The Morgan fingerprint density at radius 3 is 2.58 bits per heavy atom. The van der Waals surface area contributed by atoms with Gasteiger partial charge in [0, 0.05) is 6.04 Å². The molecule has 0 aromatic carbocycles. The average molecular weight is 165 g/mol. The van der Waals surface area contributed by atoms with Crippen LogP contribution in [0.15, 0.2) is 23.0 Å². The molecule has 1 aromatic heterocycles. The van der Waals surface area contributed by atoms with E-state index in [0.29, 0.717) is 12.0 Å². The Labute approximate surface area is 72.7 Å². The van der Waals surface area contributed by atoms with Gasteiger partial charge in [0.15, 0.2) is 0 Å². The molecule has 0 radical (unpaired) electrons. The van der Waals surface area contributed by atoms with Crippen LogP contribution in [0, 0.1) is 0 Å². The molecule has 0 atom stereocenters. The van der Waals surface area contributed by atoms with Crippen molar-refractivity contribution in [3.05, 3.63) is 24.2 Å². The van der Waals surface area contributed by atoms with Crippen LogP contribution in [0.5, 0.6) is 0 Å². The molecule has 2 N–H and O–H groups in total. The van der Waals surface area contributed by atoms with Crippen LogP contribution in [-0.4, -0.2) is 6.04 Å². The molecule has 2 nitrogen and oxygen atoms in total. The summed E-state index contributed by atoms with van der Waals surface area (Å²) in [5, 5.41) is 0. The van der Waals surface area contributed by atoms with E-state index in [1.807, 2.05) is 6.26 Å². The molecule has 1 heterocycles. The zero-order valence-corrected chi connectivity index (χ0v) is 7.20. The third-order valence-electron chi connectivity index (χ3n) is 2.79. The second-order valence-corrected chi connectivity index (χ2v) is 3.67. The van der Waals surface area contributed by atoms with Gasteiger partial charge >= 0.3 is 0 Å². The number of furan rings is 1. The van der Waals surface area contributed by atoms with Gasteiger partial charge in [-0.05, 0) is 43.2 Å². The summed E-state index contributed by atoms with van der Waals surface area (Å²) in [6.07, 6.45) is 8.39. The van der Waals surface area contributed by atoms with Crippen LogP contribution in [-0.2, 0) is 0 Å². The van der Waals surface area contributed by atoms with Crippen LogP contribution in [0.3, 0.4) is 0 Å². The van der Waals surface area contributed by atoms with Crippen LogP contribution in [0.2, 0.25) is 0 Å². The Kier molecular flexibility index (Phi) is 2.17. The van der Waals surface area contributed by atoms with Gasteiger partial charge in [0.05, 0.1) is 12.5 Å². The van der Waals surface area contributed by atoms with E-state index in [1.165, 1.54) is 18.4 Å². The van der Waals surface area contributed by atoms with Crippen LogP contribution < -0.4 is 5.73 Å². The van der Waals surface area contributed by atoms with Crippen molar-refractivity contribution >= 4 is 0 Å². The van der Waals surface area contributed by atoms with Crippen LogP contribution in [0.4, 0.5) is 0 Å². The van der Waals surface area contributed by atoms with Gasteiger partial charge in [-0.3, -0.25) is 0 Å². The highest BCUT2D eigenvalue weighted by Crippen LogP contribution is 2.32. The number of hydrogen-bond acceptors (Lipinski definition) is 2. The summed E-state index contributed by atoms with van der Waals surface area (Å²) in [7, 11) is 0. The third-order valence-corrected chi connectivity index (χ3v) is 2.79. The van der Waals surface area contributed by atoms with Gasteiger partial charge in [-0.2, -0.15) is 0 Å². The summed E-state index contributed by atoms with van der Waals surface area (Å²) in [5.41, 5.74) is 7.18. The molecule has 1 aromatic rings. The van der Waals surface area contributed by atoms with Crippen molar-refractivity contribution < 1.29 is 4.42 Å². The number of rotatable bonds is 1. The fraction of sp³-hybridized carbons (Fsp3) is 0.600. The van der Waals surface area contributed by atoms with Crippen molar-refractivity contribution in [3.63, 3.8) is 0 Å². The normalized spacial score (nSPS) is 30.4. The molecule has 1 aliphatic carbocycles. The van der Waals surface area contributed by atoms with Gasteiger partial charge in [0.1, 0.15) is 0 Å². The van der Waals surface area contributed by atoms with Gasteiger partial charge in [-0.25, -0.2) is 0 Å². The molecular weight excluding hydrogens is 150 g/mol. The van der Waals surface area contributed by atoms with Gasteiger partial charge in [-0.15, -0.1) is 0 Å². The Morgan fingerprint density at radius 1 is 1.25 bits per heavy atom. The van der Waals surface area contributed by atoms with E-state index in [4.69, 9.17) is 10.2 Å². The zero-order valence-electron chi connectivity index (χ0n) is 7.20. The quantitative estimate of drug-likeness (QED) is 0.693. The first kappa shape index (κ1) is 7.87. The smallest absolute Gasteiger partial charge is 0.0937 e. The molecule has 0 bridgehead atoms. The molecule has 66 valence electrons. The predicted molar refractivity (Wildman–Crippen MR) is 47.9 cm³/mol. The molecular formula is C10H15NO. The maximum atomic E-state index is 5.83. The van der Waals surface area contributed by atoms with Gasteiger partial charge in [-0.1, -0.05) is 0 Å². The molecule has 1 fully saturated rings. The van der Waals surface area contributed by atoms with Crippen molar-refractivity contribution in [2.24, 2.45) is 5.73 Å². The van der Waals surface area contributed by atoms with E-state index in [2.05, 4.69) is 6.07 Å². The minimum atomic E-state index is 0.438. The van der Waals surface area contributed by atoms with Crippen molar-refractivity contribution in [3.8, 4) is 0 Å². The molecule has 0 unspecified atom stereocenters. The molecule has 0 saturated heterocycles. The van der Waals surface area contributed by atoms with Crippen LogP contribution in [0.1, 0.15) is 37.2 Å². The molecule has 1 saturated carbocycles. The largest absolute Gasteiger partial charge is 0.472 e. The fourth-order valence-electron chi connectivity index (χ4n) is 1.96. The summed E-state index contributed by atoms with van der Waals surface area (Å²) in [6.45, 7) is 0. The van der Waals surface area contributed by atoms with Crippen molar-refractivity contribution in [1.82, 2.24) is 0 Å².